The smallest absolute Gasteiger partial charge is 0.261 e. The predicted octanol–water partition coefficient (Wildman–Crippen LogP) is 2.42. The van der Waals surface area contributed by atoms with Crippen molar-refractivity contribution in [1.82, 2.24) is 5.32 Å². The molecule has 0 saturated carbocycles. The van der Waals surface area contributed by atoms with E-state index < -0.39 is 15.0 Å². The molecule has 1 rings (SSSR count). The third-order valence-corrected chi connectivity index (χ3v) is 4.21. The molecule has 0 heterocycles. The number of unbranched alkanes of at least 4 members (excludes halogenated alkanes) is 1. The van der Waals surface area contributed by atoms with Crippen LogP contribution >= 0.6 is 22.3 Å². The summed E-state index contributed by atoms with van der Waals surface area (Å²) in [7, 11) is 2.95. The number of carbonyl (C=O) groups is 1. The summed E-state index contributed by atoms with van der Waals surface area (Å²) in [4.78, 5) is 11.8. The molecule has 112 valence electrons. The molecule has 0 bridgehead atoms. The lowest BCUT2D eigenvalue weighted by Gasteiger charge is -2.07. The number of hydrogen-bond donors (Lipinski definition) is 1. The first-order chi connectivity index (χ1) is 9.36. The number of rotatable bonds is 7. The zero-order valence-electron chi connectivity index (χ0n) is 10.9. The van der Waals surface area contributed by atoms with Crippen LogP contribution < -0.4 is 5.32 Å². The molecule has 0 aliphatic heterocycles. The molecule has 5 nitrogen and oxygen atoms in total. The molecule has 1 aromatic rings. The van der Waals surface area contributed by atoms with Gasteiger partial charge in [0.25, 0.3) is 15.0 Å². The van der Waals surface area contributed by atoms with Gasteiger partial charge >= 0.3 is 0 Å². The van der Waals surface area contributed by atoms with E-state index in [1.165, 1.54) is 12.1 Å². The summed E-state index contributed by atoms with van der Waals surface area (Å²) >= 11 is 5.88. The molecule has 0 atom stereocenters. The van der Waals surface area contributed by atoms with E-state index in [1.54, 1.807) is 7.11 Å². The number of ether oxygens (including phenoxy) is 1. The first kappa shape index (κ1) is 17.2. The Hall–Kier alpha value is -0.820. The van der Waals surface area contributed by atoms with Crippen molar-refractivity contribution in [2.24, 2.45) is 0 Å². The molecule has 0 aliphatic rings. The molecular weight excluding hydrogens is 325 g/mol. The third-order valence-electron chi connectivity index (χ3n) is 2.52. The van der Waals surface area contributed by atoms with Gasteiger partial charge in [0.05, 0.1) is 15.5 Å². The topological polar surface area (TPSA) is 72.5 Å². The first-order valence-corrected chi connectivity index (χ1v) is 8.56. The van der Waals surface area contributed by atoms with Crippen LogP contribution in [-0.2, 0) is 13.8 Å². The molecule has 0 aliphatic carbocycles. The monoisotopic (exact) mass is 339 g/mol. The molecule has 1 aromatic carbocycles. The molecule has 1 amide bonds. The lowest BCUT2D eigenvalue weighted by molar-refractivity contribution is 0.0951. The molecule has 0 fully saturated rings. The number of halogens is 2. The first-order valence-electron chi connectivity index (χ1n) is 5.87. The summed E-state index contributed by atoms with van der Waals surface area (Å²) < 4.78 is 27.3. The van der Waals surface area contributed by atoms with Crippen molar-refractivity contribution in [2.45, 2.75) is 17.7 Å². The van der Waals surface area contributed by atoms with Crippen LogP contribution in [0.3, 0.4) is 0 Å². The van der Waals surface area contributed by atoms with Crippen molar-refractivity contribution in [3.05, 3.63) is 28.8 Å². The van der Waals surface area contributed by atoms with Crippen LogP contribution in [-0.4, -0.2) is 34.6 Å². The molecular formula is C12H15Cl2NO4S. The van der Waals surface area contributed by atoms with E-state index in [-0.39, 0.29) is 15.5 Å². The maximum Gasteiger partial charge on any atom is 0.261 e. The summed E-state index contributed by atoms with van der Waals surface area (Å²) in [5.41, 5.74) is 0.0835. The van der Waals surface area contributed by atoms with Crippen LogP contribution in [0, 0.1) is 0 Å². The summed E-state index contributed by atoms with van der Waals surface area (Å²) in [6.45, 7) is 1.08. The van der Waals surface area contributed by atoms with E-state index in [0.29, 0.717) is 13.2 Å². The highest BCUT2D eigenvalue weighted by atomic mass is 35.7. The average Bonchev–Trinajstić information content (AvgIpc) is 2.37. The Labute approximate surface area is 127 Å². The average molecular weight is 340 g/mol. The van der Waals surface area contributed by atoms with Gasteiger partial charge in [0.2, 0.25) is 0 Å². The van der Waals surface area contributed by atoms with E-state index in [9.17, 15) is 13.2 Å². The van der Waals surface area contributed by atoms with E-state index in [2.05, 4.69) is 5.32 Å². The second-order valence-electron chi connectivity index (χ2n) is 4.04. The Bertz CT molecular complexity index is 575. The highest BCUT2D eigenvalue weighted by Gasteiger charge is 2.16. The minimum absolute atomic E-state index is 0.0835. The van der Waals surface area contributed by atoms with Gasteiger partial charge in [0.15, 0.2) is 0 Å². The fourth-order valence-electron chi connectivity index (χ4n) is 1.50. The van der Waals surface area contributed by atoms with Crippen LogP contribution in [0.25, 0.3) is 0 Å². The third kappa shape index (κ3) is 5.28. The normalized spacial score (nSPS) is 11.3. The summed E-state index contributed by atoms with van der Waals surface area (Å²) in [5, 5.41) is 2.83. The fourth-order valence-corrected chi connectivity index (χ4v) is 2.48. The summed E-state index contributed by atoms with van der Waals surface area (Å²) in [6, 6.07) is 3.74. The largest absolute Gasteiger partial charge is 0.385 e. The van der Waals surface area contributed by atoms with Gasteiger partial charge in [-0.25, -0.2) is 8.42 Å². The van der Waals surface area contributed by atoms with Gasteiger partial charge in [-0.05, 0) is 31.0 Å². The Morgan fingerprint density at radius 2 is 2.05 bits per heavy atom. The molecule has 20 heavy (non-hydrogen) atoms. The quantitative estimate of drug-likeness (QED) is 0.611. The minimum atomic E-state index is -3.89. The highest BCUT2D eigenvalue weighted by molar-refractivity contribution is 8.13. The summed E-state index contributed by atoms with van der Waals surface area (Å²) in [6.07, 6.45) is 1.57. The molecule has 0 aromatic heterocycles. The van der Waals surface area contributed by atoms with Gasteiger partial charge in [0, 0.05) is 30.9 Å². The van der Waals surface area contributed by atoms with E-state index in [0.717, 1.165) is 18.9 Å². The highest BCUT2D eigenvalue weighted by Crippen LogP contribution is 2.22. The SMILES string of the molecule is COCCCCNC(=O)c1cc(S(=O)(=O)Cl)ccc1Cl. The Balaban J connectivity index is 2.72. The van der Waals surface area contributed by atoms with Crippen molar-refractivity contribution >= 4 is 37.2 Å². The number of methoxy groups -OCH3 is 1. The lowest BCUT2D eigenvalue weighted by Crippen LogP contribution is -2.25. The van der Waals surface area contributed by atoms with Gasteiger partial charge in [-0.2, -0.15) is 0 Å². The standard InChI is InChI=1S/C12H15Cl2NO4S/c1-19-7-3-2-6-15-12(16)10-8-9(20(14,17)18)4-5-11(10)13/h4-5,8H,2-3,6-7H2,1H3,(H,15,16). The van der Waals surface area contributed by atoms with Crippen molar-refractivity contribution in [3.8, 4) is 0 Å². The van der Waals surface area contributed by atoms with Crippen molar-refractivity contribution in [2.75, 3.05) is 20.3 Å². The van der Waals surface area contributed by atoms with Crippen molar-refractivity contribution in [3.63, 3.8) is 0 Å². The number of carbonyl (C=O) groups excluding carboxylic acids is 1. The van der Waals surface area contributed by atoms with Crippen molar-refractivity contribution < 1.29 is 17.9 Å². The zero-order valence-corrected chi connectivity index (χ0v) is 13.2. The molecule has 0 saturated heterocycles. The summed E-state index contributed by atoms with van der Waals surface area (Å²) in [5.74, 6) is -0.436. The molecule has 8 heteroatoms. The van der Waals surface area contributed by atoms with E-state index in [1.807, 2.05) is 0 Å². The zero-order chi connectivity index (χ0) is 15.2. The van der Waals surface area contributed by atoms with Gasteiger partial charge in [-0.15, -0.1) is 0 Å². The number of hydrogen-bond acceptors (Lipinski definition) is 4. The van der Waals surface area contributed by atoms with E-state index >= 15 is 0 Å². The number of nitrogens with one attached hydrogen (secondary N) is 1. The van der Waals surface area contributed by atoms with Gasteiger partial charge < -0.3 is 10.1 Å². The van der Waals surface area contributed by atoms with Crippen LogP contribution in [0.1, 0.15) is 23.2 Å². The van der Waals surface area contributed by atoms with Gasteiger partial charge in [0.1, 0.15) is 0 Å². The predicted molar refractivity (Wildman–Crippen MR) is 77.9 cm³/mol. The minimum Gasteiger partial charge on any atom is -0.385 e. The fraction of sp³-hybridized carbons (Fsp3) is 0.417. The molecule has 0 unspecified atom stereocenters. The van der Waals surface area contributed by atoms with Crippen LogP contribution in [0.5, 0.6) is 0 Å². The molecule has 0 spiro atoms. The Kier molecular flexibility index (Phi) is 6.75. The van der Waals surface area contributed by atoms with Crippen LogP contribution in [0.2, 0.25) is 5.02 Å². The second kappa shape index (κ2) is 7.83. The van der Waals surface area contributed by atoms with Crippen LogP contribution in [0.4, 0.5) is 0 Å². The molecule has 0 radical (unpaired) electrons. The second-order valence-corrected chi connectivity index (χ2v) is 7.01. The van der Waals surface area contributed by atoms with Gasteiger partial charge in [-0.3, -0.25) is 4.79 Å². The number of amides is 1. The van der Waals surface area contributed by atoms with Crippen molar-refractivity contribution in [1.29, 1.82) is 0 Å². The maximum absolute atomic E-state index is 11.9. The van der Waals surface area contributed by atoms with Gasteiger partial charge in [-0.1, -0.05) is 11.6 Å². The molecule has 1 N–H and O–H groups in total. The number of benzene rings is 1. The Morgan fingerprint density at radius 3 is 2.65 bits per heavy atom. The van der Waals surface area contributed by atoms with E-state index in [4.69, 9.17) is 27.0 Å². The Morgan fingerprint density at radius 1 is 1.35 bits per heavy atom. The lowest BCUT2D eigenvalue weighted by atomic mass is 10.2. The maximum atomic E-state index is 11.9. The van der Waals surface area contributed by atoms with Crippen LogP contribution in [0.15, 0.2) is 23.1 Å².